The van der Waals surface area contributed by atoms with Crippen molar-refractivity contribution in [3.05, 3.63) is 64.2 Å². The van der Waals surface area contributed by atoms with Crippen LogP contribution in [0.4, 0.5) is 0 Å². The van der Waals surface area contributed by atoms with Gasteiger partial charge in [-0.3, -0.25) is 0 Å². The molecule has 1 N–H and O–H groups in total. The summed E-state index contributed by atoms with van der Waals surface area (Å²) in [5.74, 6) is 0.597. The Morgan fingerprint density at radius 1 is 1.38 bits per heavy atom. The fourth-order valence-corrected chi connectivity index (χ4v) is 3.50. The van der Waals surface area contributed by atoms with Gasteiger partial charge in [0.1, 0.15) is 0 Å². The van der Waals surface area contributed by atoms with Crippen LogP contribution in [-0.2, 0) is 5.41 Å². The minimum absolute atomic E-state index is 0.196. The minimum atomic E-state index is -0.414. The van der Waals surface area contributed by atoms with Gasteiger partial charge in [-0.1, -0.05) is 48.9 Å². The van der Waals surface area contributed by atoms with Crippen LogP contribution in [0.1, 0.15) is 19.5 Å². The molecule has 0 amide bonds. The van der Waals surface area contributed by atoms with E-state index >= 15 is 0 Å². The maximum absolute atomic E-state index is 11.9. The SMILES string of the molecule is CC1=CC(C)C(CCl)(c2[nH]c(=O)nc3ccccc23)C=C1. The molecule has 2 atom stereocenters. The Labute approximate surface area is 128 Å². The standard InChI is InChI=1S/C17H17ClN2O/c1-11-7-8-17(10-18,12(2)9-11)15-13-5-3-4-6-14(13)19-16(21)20-15/h3-9,12H,10H2,1-2H3,(H,19,20,21). The summed E-state index contributed by atoms with van der Waals surface area (Å²) in [6.45, 7) is 4.20. The normalized spacial score (nSPS) is 25.1. The maximum Gasteiger partial charge on any atom is 0.345 e. The number of rotatable bonds is 2. The zero-order chi connectivity index (χ0) is 15.0. The van der Waals surface area contributed by atoms with E-state index < -0.39 is 5.41 Å². The van der Waals surface area contributed by atoms with Crippen molar-refractivity contribution in [2.24, 2.45) is 5.92 Å². The number of aromatic nitrogens is 2. The van der Waals surface area contributed by atoms with Crippen molar-refractivity contribution in [3.8, 4) is 0 Å². The van der Waals surface area contributed by atoms with Crippen molar-refractivity contribution in [1.82, 2.24) is 9.97 Å². The summed E-state index contributed by atoms with van der Waals surface area (Å²) in [6, 6.07) is 7.67. The summed E-state index contributed by atoms with van der Waals surface area (Å²) in [7, 11) is 0. The second-order valence-electron chi connectivity index (χ2n) is 5.64. The van der Waals surface area contributed by atoms with Crippen molar-refractivity contribution < 1.29 is 0 Å². The lowest BCUT2D eigenvalue weighted by Crippen LogP contribution is -2.37. The fourth-order valence-electron chi connectivity index (χ4n) is 3.04. The molecule has 0 saturated carbocycles. The van der Waals surface area contributed by atoms with E-state index in [9.17, 15) is 4.79 Å². The number of nitrogens with zero attached hydrogens (tertiary/aromatic N) is 1. The predicted octanol–water partition coefficient (Wildman–Crippen LogP) is 3.55. The van der Waals surface area contributed by atoms with E-state index in [1.54, 1.807) is 0 Å². The molecule has 0 aliphatic heterocycles. The van der Waals surface area contributed by atoms with Crippen molar-refractivity contribution in [1.29, 1.82) is 0 Å². The number of nitrogens with one attached hydrogen (secondary N) is 1. The summed E-state index contributed by atoms with van der Waals surface area (Å²) < 4.78 is 0. The number of alkyl halides is 1. The van der Waals surface area contributed by atoms with Gasteiger partial charge in [0, 0.05) is 22.4 Å². The van der Waals surface area contributed by atoms with E-state index in [1.165, 1.54) is 5.57 Å². The molecule has 108 valence electrons. The van der Waals surface area contributed by atoms with Crippen LogP contribution in [0.2, 0.25) is 0 Å². The van der Waals surface area contributed by atoms with Gasteiger partial charge < -0.3 is 4.98 Å². The summed E-state index contributed by atoms with van der Waals surface area (Å²) in [5, 5.41) is 0.946. The van der Waals surface area contributed by atoms with Gasteiger partial charge in [-0.25, -0.2) is 4.79 Å². The molecule has 0 bridgehead atoms. The van der Waals surface area contributed by atoms with E-state index in [0.717, 1.165) is 11.1 Å². The molecule has 1 aliphatic carbocycles. The average Bonchev–Trinajstić information content (AvgIpc) is 2.47. The lowest BCUT2D eigenvalue weighted by molar-refractivity contribution is 0.450. The number of benzene rings is 1. The molecule has 3 nitrogen and oxygen atoms in total. The zero-order valence-corrected chi connectivity index (χ0v) is 12.8. The lowest BCUT2D eigenvalue weighted by Gasteiger charge is -2.36. The van der Waals surface area contributed by atoms with Gasteiger partial charge in [0.25, 0.3) is 0 Å². The Kier molecular flexibility index (Phi) is 3.46. The van der Waals surface area contributed by atoms with Crippen molar-refractivity contribution in [2.45, 2.75) is 19.3 Å². The molecule has 0 saturated heterocycles. The average molecular weight is 301 g/mol. The van der Waals surface area contributed by atoms with Crippen LogP contribution in [-0.4, -0.2) is 15.8 Å². The quantitative estimate of drug-likeness (QED) is 0.862. The molecule has 1 aromatic carbocycles. The van der Waals surface area contributed by atoms with E-state index in [-0.39, 0.29) is 11.6 Å². The van der Waals surface area contributed by atoms with Crippen molar-refractivity contribution in [3.63, 3.8) is 0 Å². The van der Waals surface area contributed by atoms with Crippen LogP contribution in [0.5, 0.6) is 0 Å². The molecule has 4 heteroatoms. The number of hydrogen-bond acceptors (Lipinski definition) is 2. The number of para-hydroxylation sites is 1. The van der Waals surface area contributed by atoms with Crippen molar-refractivity contribution >= 4 is 22.5 Å². The van der Waals surface area contributed by atoms with Gasteiger partial charge in [-0.05, 0) is 18.9 Å². The number of hydrogen-bond donors (Lipinski definition) is 1. The summed E-state index contributed by atoms with van der Waals surface area (Å²) in [5.41, 5.74) is 2.01. The topological polar surface area (TPSA) is 45.8 Å². The highest BCUT2D eigenvalue weighted by Gasteiger charge is 2.38. The van der Waals surface area contributed by atoms with Gasteiger partial charge in [0.2, 0.25) is 0 Å². The highest BCUT2D eigenvalue weighted by molar-refractivity contribution is 6.19. The van der Waals surface area contributed by atoms with E-state index in [1.807, 2.05) is 24.3 Å². The summed E-state index contributed by atoms with van der Waals surface area (Å²) in [4.78, 5) is 18.9. The lowest BCUT2D eigenvalue weighted by atomic mass is 9.70. The number of H-pyrrole nitrogens is 1. The highest BCUT2D eigenvalue weighted by Crippen LogP contribution is 2.40. The molecular weight excluding hydrogens is 284 g/mol. The van der Waals surface area contributed by atoms with Gasteiger partial charge in [-0.2, -0.15) is 4.98 Å². The van der Waals surface area contributed by atoms with E-state index in [4.69, 9.17) is 11.6 Å². The fraction of sp³-hybridized carbons (Fsp3) is 0.294. The molecular formula is C17H17ClN2O. The van der Waals surface area contributed by atoms with E-state index in [2.05, 4.69) is 42.0 Å². The van der Waals surface area contributed by atoms with Gasteiger partial charge in [0.15, 0.2) is 0 Å². The zero-order valence-electron chi connectivity index (χ0n) is 12.1. The molecule has 21 heavy (non-hydrogen) atoms. The molecule has 0 radical (unpaired) electrons. The first-order valence-corrected chi connectivity index (χ1v) is 7.53. The Hall–Kier alpha value is -1.87. The second-order valence-corrected chi connectivity index (χ2v) is 5.91. The largest absolute Gasteiger partial charge is 0.345 e. The first-order chi connectivity index (χ1) is 10.1. The number of fused-ring (bicyclic) bond motifs is 1. The Morgan fingerprint density at radius 2 is 2.14 bits per heavy atom. The molecule has 1 aliphatic rings. The number of halogens is 1. The molecule has 2 aromatic rings. The Balaban J connectivity index is 2.33. The first-order valence-electron chi connectivity index (χ1n) is 7.00. The van der Waals surface area contributed by atoms with Crippen molar-refractivity contribution in [2.75, 3.05) is 5.88 Å². The van der Waals surface area contributed by atoms with Gasteiger partial charge in [0.05, 0.1) is 5.52 Å². The monoisotopic (exact) mass is 300 g/mol. The van der Waals surface area contributed by atoms with Crippen LogP contribution in [0.3, 0.4) is 0 Å². The third kappa shape index (κ3) is 2.22. The minimum Gasteiger partial charge on any atom is -0.308 e. The van der Waals surface area contributed by atoms with Crippen LogP contribution >= 0.6 is 11.6 Å². The molecule has 0 fully saturated rings. The third-order valence-corrected chi connectivity index (χ3v) is 4.73. The van der Waals surface area contributed by atoms with Gasteiger partial charge in [-0.15, -0.1) is 11.6 Å². The Bertz CT molecular complexity index is 806. The third-order valence-electron chi connectivity index (χ3n) is 4.28. The van der Waals surface area contributed by atoms with Crippen LogP contribution in [0, 0.1) is 5.92 Å². The Morgan fingerprint density at radius 3 is 2.86 bits per heavy atom. The maximum atomic E-state index is 11.9. The smallest absolute Gasteiger partial charge is 0.308 e. The number of aromatic amines is 1. The predicted molar refractivity (Wildman–Crippen MR) is 86.8 cm³/mol. The molecule has 1 aromatic heterocycles. The van der Waals surface area contributed by atoms with Crippen LogP contribution in [0.15, 0.2) is 52.9 Å². The molecule has 3 rings (SSSR count). The molecule has 1 heterocycles. The molecule has 2 unspecified atom stereocenters. The van der Waals surface area contributed by atoms with Gasteiger partial charge >= 0.3 is 5.69 Å². The van der Waals surface area contributed by atoms with E-state index in [0.29, 0.717) is 11.4 Å². The van der Waals surface area contributed by atoms with Crippen LogP contribution in [0.25, 0.3) is 10.9 Å². The summed E-state index contributed by atoms with van der Waals surface area (Å²) >= 11 is 6.34. The highest BCUT2D eigenvalue weighted by atomic mass is 35.5. The van der Waals surface area contributed by atoms with Crippen LogP contribution < -0.4 is 5.69 Å². The summed E-state index contributed by atoms with van der Waals surface area (Å²) in [6.07, 6.45) is 6.36. The first kappa shape index (κ1) is 14.1. The second kappa shape index (κ2) is 5.15. The molecule has 0 spiro atoms. The number of allylic oxidation sites excluding steroid dienone is 4.